The summed E-state index contributed by atoms with van der Waals surface area (Å²) in [6.45, 7) is 5.61. The van der Waals surface area contributed by atoms with Crippen LogP contribution < -0.4 is 0 Å². The van der Waals surface area contributed by atoms with Crippen molar-refractivity contribution in [2.45, 2.75) is 51.3 Å². The van der Waals surface area contributed by atoms with Crippen molar-refractivity contribution in [2.24, 2.45) is 5.92 Å². The van der Waals surface area contributed by atoms with Gasteiger partial charge in [0.25, 0.3) is 0 Å². The summed E-state index contributed by atoms with van der Waals surface area (Å²) in [5.41, 5.74) is -0.441. The normalized spacial score (nSPS) is 33.2. The number of hydrogen-bond acceptors (Lipinski definition) is 2. The fourth-order valence-corrected chi connectivity index (χ4v) is 2.18. The van der Waals surface area contributed by atoms with Crippen LogP contribution in [0.3, 0.4) is 0 Å². The van der Waals surface area contributed by atoms with Gasteiger partial charge in [0.15, 0.2) is 0 Å². The zero-order chi connectivity index (χ0) is 11.2. The van der Waals surface area contributed by atoms with Gasteiger partial charge in [-0.15, -0.1) is 6.42 Å². The number of rotatable bonds is 0. The Morgan fingerprint density at radius 1 is 1.47 bits per heavy atom. The Morgan fingerprint density at radius 2 is 2.13 bits per heavy atom. The second kappa shape index (κ2) is 3.16. The van der Waals surface area contributed by atoms with E-state index in [2.05, 4.69) is 5.92 Å². The molecule has 1 aliphatic carbocycles. The van der Waals surface area contributed by atoms with E-state index in [-0.39, 0.29) is 12.1 Å². The van der Waals surface area contributed by atoms with Crippen LogP contribution in [0, 0.1) is 18.3 Å². The van der Waals surface area contributed by atoms with Crippen molar-refractivity contribution in [3.8, 4) is 12.3 Å². The van der Waals surface area contributed by atoms with Gasteiger partial charge in [0.05, 0.1) is 6.04 Å². The quantitative estimate of drug-likeness (QED) is 0.569. The molecular weight excluding hydrogens is 190 g/mol. The minimum Gasteiger partial charge on any atom is -0.444 e. The van der Waals surface area contributed by atoms with Crippen LogP contribution in [0.4, 0.5) is 4.79 Å². The van der Waals surface area contributed by atoms with E-state index in [1.54, 1.807) is 4.90 Å². The zero-order valence-electron chi connectivity index (χ0n) is 9.49. The molecule has 0 N–H and O–H groups in total. The van der Waals surface area contributed by atoms with Crippen molar-refractivity contribution in [3.05, 3.63) is 0 Å². The summed E-state index contributed by atoms with van der Waals surface area (Å²) < 4.78 is 5.34. The third kappa shape index (κ3) is 1.94. The molecule has 0 bridgehead atoms. The lowest BCUT2D eigenvalue weighted by Crippen LogP contribution is -2.41. The number of terminal acetylenes is 1. The number of hydrogen-bond donors (Lipinski definition) is 0. The number of amides is 1. The van der Waals surface area contributed by atoms with Crippen molar-refractivity contribution in [2.75, 3.05) is 0 Å². The molecule has 1 saturated heterocycles. The number of nitrogens with zero attached hydrogens (tertiary/aromatic N) is 1. The summed E-state index contributed by atoms with van der Waals surface area (Å²) in [5.74, 6) is 3.29. The molecule has 1 saturated carbocycles. The predicted octanol–water partition coefficient (Wildman–Crippen LogP) is 2.02. The van der Waals surface area contributed by atoms with Crippen LogP contribution in [-0.4, -0.2) is 28.7 Å². The second-order valence-corrected chi connectivity index (χ2v) is 5.37. The van der Waals surface area contributed by atoms with Crippen LogP contribution in [0.1, 0.15) is 33.6 Å². The van der Waals surface area contributed by atoms with E-state index in [0.29, 0.717) is 12.0 Å². The SMILES string of the molecule is C#C[C@@H]1C[C@H]2C[C@H]2N1C(=O)OC(C)(C)C. The van der Waals surface area contributed by atoms with E-state index in [0.717, 1.165) is 12.8 Å². The Morgan fingerprint density at radius 3 is 2.67 bits per heavy atom. The molecule has 15 heavy (non-hydrogen) atoms. The van der Waals surface area contributed by atoms with Gasteiger partial charge >= 0.3 is 6.09 Å². The smallest absolute Gasteiger partial charge is 0.411 e. The highest BCUT2D eigenvalue weighted by atomic mass is 16.6. The molecule has 3 heteroatoms. The molecule has 2 aliphatic rings. The number of piperidine rings is 1. The maximum atomic E-state index is 11.9. The van der Waals surface area contributed by atoms with Gasteiger partial charge in [-0.1, -0.05) is 5.92 Å². The highest BCUT2D eigenvalue weighted by Gasteiger charge is 2.54. The molecule has 0 unspecified atom stereocenters. The van der Waals surface area contributed by atoms with Crippen molar-refractivity contribution < 1.29 is 9.53 Å². The van der Waals surface area contributed by atoms with Gasteiger partial charge in [-0.05, 0) is 39.5 Å². The van der Waals surface area contributed by atoms with Crippen LogP contribution in [0.25, 0.3) is 0 Å². The highest BCUT2D eigenvalue weighted by molar-refractivity contribution is 5.71. The minimum atomic E-state index is -0.441. The zero-order valence-corrected chi connectivity index (χ0v) is 9.49. The molecule has 2 fully saturated rings. The first-order valence-electron chi connectivity index (χ1n) is 5.40. The Bertz CT molecular complexity index is 323. The molecule has 3 nitrogen and oxygen atoms in total. The number of carbonyl (C=O) groups excluding carboxylic acids is 1. The number of likely N-dealkylation sites (tertiary alicyclic amines) is 1. The molecule has 3 atom stereocenters. The molecule has 1 aliphatic heterocycles. The van der Waals surface area contributed by atoms with Gasteiger partial charge in [0, 0.05) is 6.04 Å². The Hall–Kier alpha value is -1.17. The summed E-state index contributed by atoms with van der Waals surface area (Å²) >= 11 is 0. The lowest BCUT2D eigenvalue weighted by atomic mass is 10.2. The third-order valence-corrected chi connectivity index (χ3v) is 2.90. The van der Waals surface area contributed by atoms with E-state index >= 15 is 0 Å². The Balaban J connectivity index is 2.04. The summed E-state index contributed by atoms with van der Waals surface area (Å²) in [4.78, 5) is 13.6. The van der Waals surface area contributed by atoms with E-state index in [9.17, 15) is 4.79 Å². The standard InChI is InChI=1S/C12H17NO2/c1-5-9-6-8-7-10(8)13(9)11(14)15-12(2,3)4/h1,8-10H,6-7H2,2-4H3/t8-,9+,10+/m0/s1. The third-order valence-electron chi connectivity index (χ3n) is 2.90. The fraction of sp³-hybridized carbons (Fsp3) is 0.750. The van der Waals surface area contributed by atoms with Crippen molar-refractivity contribution in [3.63, 3.8) is 0 Å². The van der Waals surface area contributed by atoms with Crippen molar-refractivity contribution in [1.82, 2.24) is 4.90 Å². The highest BCUT2D eigenvalue weighted by Crippen LogP contribution is 2.48. The van der Waals surface area contributed by atoms with E-state index in [4.69, 9.17) is 11.2 Å². The van der Waals surface area contributed by atoms with Gasteiger partial charge in [-0.2, -0.15) is 0 Å². The number of fused-ring (bicyclic) bond motifs is 1. The van der Waals surface area contributed by atoms with Gasteiger partial charge in [0.1, 0.15) is 5.60 Å². The molecule has 2 rings (SSSR count). The second-order valence-electron chi connectivity index (χ2n) is 5.37. The first-order chi connectivity index (χ1) is 6.92. The van der Waals surface area contributed by atoms with Crippen LogP contribution in [-0.2, 0) is 4.74 Å². The molecule has 1 heterocycles. The topological polar surface area (TPSA) is 29.5 Å². The van der Waals surface area contributed by atoms with E-state index in [1.807, 2.05) is 20.8 Å². The fourth-order valence-electron chi connectivity index (χ4n) is 2.18. The van der Waals surface area contributed by atoms with Gasteiger partial charge in [-0.25, -0.2) is 4.79 Å². The van der Waals surface area contributed by atoms with Crippen LogP contribution in [0.5, 0.6) is 0 Å². The van der Waals surface area contributed by atoms with E-state index < -0.39 is 5.60 Å². The monoisotopic (exact) mass is 207 g/mol. The summed E-state index contributed by atoms with van der Waals surface area (Å²) in [6, 6.07) is 0.296. The van der Waals surface area contributed by atoms with Crippen LogP contribution >= 0.6 is 0 Å². The molecule has 0 aromatic carbocycles. The summed E-state index contributed by atoms with van der Waals surface area (Å²) in [6.07, 6.45) is 7.19. The molecule has 0 aromatic heterocycles. The van der Waals surface area contributed by atoms with Crippen molar-refractivity contribution in [1.29, 1.82) is 0 Å². The largest absolute Gasteiger partial charge is 0.444 e. The lowest BCUT2D eigenvalue weighted by Gasteiger charge is -2.28. The Labute approximate surface area is 90.8 Å². The molecular formula is C12H17NO2. The van der Waals surface area contributed by atoms with E-state index in [1.165, 1.54) is 0 Å². The molecule has 0 spiro atoms. The summed E-state index contributed by atoms with van der Waals surface area (Å²) in [7, 11) is 0. The molecule has 82 valence electrons. The minimum absolute atomic E-state index is 0.0522. The first kappa shape index (κ1) is 10.4. The Kier molecular flexibility index (Phi) is 2.18. The van der Waals surface area contributed by atoms with Gasteiger partial charge in [-0.3, -0.25) is 4.90 Å². The molecule has 0 radical (unpaired) electrons. The van der Waals surface area contributed by atoms with Crippen LogP contribution in [0.15, 0.2) is 0 Å². The predicted molar refractivity (Wildman–Crippen MR) is 57.2 cm³/mol. The average molecular weight is 207 g/mol. The number of ether oxygens (including phenoxy) is 1. The van der Waals surface area contributed by atoms with Gasteiger partial charge in [0.2, 0.25) is 0 Å². The van der Waals surface area contributed by atoms with Crippen molar-refractivity contribution >= 4 is 6.09 Å². The average Bonchev–Trinajstić information content (AvgIpc) is 2.73. The first-order valence-corrected chi connectivity index (χ1v) is 5.40. The number of carbonyl (C=O) groups is 1. The maximum absolute atomic E-state index is 11.9. The molecule has 0 aromatic rings. The lowest BCUT2D eigenvalue weighted by molar-refractivity contribution is 0.0225. The summed E-state index contributed by atoms with van der Waals surface area (Å²) in [5, 5.41) is 0. The van der Waals surface area contributed by atoms with Crippen LogP contribution in [0.2, 0.25) is 0 Å². The van der Waals surface area contributed by atoms with Gasteiger partial charge < -0.3 is 4.74 Å². The maximum Gasteiger partial charge on any atom is 0.411 e. The molecule has 1 amide bonds.